The summed E-state index contributed by atoms with van der Waals surface area (Å²) >= 11 is 0. The van der Waals surface area contributed by atoms with Gasteiger partial charge < -0.3 is 14.5 Å². The predicted molar refractivity (Wildman–Crippen MR) is 97.6 cm³/mol. The molecular weight excluding hydrogens is 316 g/mol. The molecular formula is C19H28N4O2. The summed E-state index contributed by atoms with van der Waals surface area (Å²) in [6.45, 7) is 2.65. The lowest BCUT2D eigenvalue weighted by atomic mass is 9.90. The summed E-state index contributed by atoms with van der Waals surface area (Å²) < 4.78 is 5.30. The minimum atomic E-state index is 0.202. The molecule has 0 aromatic carbocycles. The molecule has 6 heteroatoms. The number of hydrogen-bond acceptors (Lipinski definition) is 5. The largest absolute Gasteiger partial charge is 0.478 e. The Hall–Kier alpha value is -2.11. The van der Waals surface area contributed by atoms with Crippen molar-refractivity contribution in [2.24, 2.45) is 11.8 Å². The molecule has 3 rings (SSSR count). The molecule has 136 valence electrons. The number of piperidine rings is 1. The highest BCUT2D eigenvalue weighted by Gasteiger charge is 2.29. The zero-order valence-corrected chi connectivity index (χ0v) is 15.2. The lowest BCUT2D eigenvalue weighted by Gasteiger charge is -2.36. The van der Waals surface area contributed by atoms with Crippen LogP contribution in [-0.4, -0.2) is 54.6 Å². The second-order valence-corrected chi connectivity index (χ2v) is 7.02. The number of carbonyl (C=O) groups is 1. The van der Waals surface area contributed by atoms with Crippen LogP contribution in [0.1, 0.15) is 32.1 Å². The maximum Gasteiger partial charge on any atom is 0.257 e. The molecule has 1 aromatic heterocycles. The van der Waals surface area contributed by atoms with Crippen LogP contribution in [0.5, 0.6) is 5.88 Å². The van der Waals surface area contributed by atoms with Gasteiger partial charge in [0.2, 0.25) is 5.91 Å². The second-order valence-electron chi connectivity index (χ2n) is 7.02. The summed E-state index contributed by atoms with van der Waals surface area (Å²) in [5.41, 5.74) is 0. The number of likely N-dealkylation sites (tertiary alicyclic amines) is 1. The van der Waals surface area contributed by atoms with Gasteiger partial charge in [0, 0.05) is 45.0 Å². The minimum Gasteiger partial charge on any atom is -0.478 e. The third-order valence-corrected chi connectivity index (χ3v) is 5.28. The van der Waals surface area contributed by atoms with E-state index in [9.17, 15) is 4.79 Å². The lowest BCUT2D eigenvalue weighted by Crippen LogP contribution is -2.43. The molecule has 1 aromatic rings. The third kappa shape index (κ3) is 4.30. The highest BCUT2D eigenvalue weighted by molar-refractivity contribution is 5.79. The molecule has 0 radical (unpaired) electrons. The first-order valence-corrected chi connectivity index (χ1v) is 9.19. The summed E-state index contributed by atoms with van der Waals surface area (Å²) in [5.74, 6) is 2.45. The minimum absolute atomic E-state index is 0.202. The number of nitrogens with zero attached hydrogens (tertiary/aromatic N) is 4. The van der Waals surface area contributed by atoms with E-state index >= 15 is 0 Å². The Balaban J connectivity index is 1.50. The number of rotatable bonds is 5. The topological polar surface area (TPSA) is 58.6 Å². The van der Waals surface area contributed by atoms with Crippen LogP contribution < -0.4 is 9.64 Å². The van der Waals surface area contributed by atoms with Crippen molar-refractivity contribution in [2.75, 3.05) is 38.7 Å². The Labute approximate surface area is 149 Å². The lowest BCUT2D eigenvalue weighted by molar-refractivity contribution is -0.137. The summed E-state index contributed by atoms with van der Waals surface area (Å²) in [7, 11) is 3.64. The van der Waals surface area contributed by atoms with E-state index in [1.807, 2.05) is 7.05 Å². The Bertz CT molecular complexity index is 611. The van der Waals surface area contributed by atoms with Gasteiger partial charge >= 0.3 is 0 Å². The number of hydrogen-bond donors (Lipinski definition) is 0. The molecule has 2 aliphatic rings. The first kappa shape index (κ1) is 17.7. The molecule has 1 saturated heterocycles. The van der Waals surface area contributed by atoms with Gasteiger partial charge in [-0.25, -0.2) is 9.97 Å². The highest BCUT2D eigenvalue weighted by atomic mass is 16.5. The van der Waals surface area contributed by atoms with Gasteiger partial charge in [0.1, 0.15) is 0 Å². The maximum atomic E-state index is 12.6. The van der Waals surface area contributed by atoms with Crippen molar-refractivity contribution in [3.8, 4) is 5.88 Å². The van der Waals surface area contributed by atoms with Crippen molar-refractivity contribution in [2.45, 2.75) is 32.1 Å². The van der Waals surface area contributed by atoms with Gasteiger partial charge in [-0.2, -0.15) is 0 Å². The molecule has 0 saturated carbocycles. The molecule has 1 unspecified atom stereocenters. The van der Waals surface area contributed by atoms with Crippen molar-refractivity contribution in [3.63, 3.8) is 0 Å². The molecule has 2 heterocycles. The van der Waals surface area contributed by atoms with Crippen LogP contribution in [-0.2, 0) is 4.79 Å². The van der Waals surface area contributed by atoms with E-state index < -0.39 is 0 Å². The second kappa shape index (κ2) is 8.32. The first-order chi connectivity index (χ1) is 12.2. The normalized spacial score (nSPS) is 21.2. The number of ether oxygens (including phenoxy) is 1. The van der Waals surface area contributed by atoms with Crippen molar-refractivity contribution in [3.05, 3.63) is 24.5 Å². The molecule has 1 aliphatic carbocycles. The predicted octanol–water partition coefficient (Wildman–Crippen LogP) is 2.52. The van der Waals surface area contributed by atoms with Gasteiger partial charge in [0.25, 0.3) is 5.88 Å². The van der Waals surface area contributed by atoms with Crippen molar-refractivity contribution >= 4 is 11.7 Å². The zero-order chi connectivity index (χ0) is 17.6. The van der Waals surface area contributed by atoms with E-state index in [0.717, 1.165) is 57.6 Å². The summed E-state index contributed by atoms with van der Waals surface area (Å²) in [4.78, 5) is 25.4. The number of allylic oxidation sites excluding steroid dienone is 2. The van der Waals surface area contributed by atoms with E-state index in [0.29, 0.717) is 17.7 Å². The summed E-state index contributed by atoms with van der Waals surface area (Å²) in [6, 6.07) is 0. The molecule has 0 spiro atoms. The zero-order valence-electron chi connectivity index (χ0n) is 15.2. The molecule has 1 amide bonds. The number of anilines is 1. The Morgan fingerprint density at radius 2 is 2.00 bits per heavy atom. The smallest absolute Gasteiger partial charge is 0.257 e. The van der Waals surface area contributed by atoms with Gasteiger partial charge in [-0.15, -0.1) is 0 Å². The van der Waals surface area contributed by atoms with Gasteiger partial charge in [0.05, 0.1) is 7.11 Å². The van der Waals surface area contributed by atoms with Gasteiger partial charge in [-0.05, 0) is 38.0 Å². The maximum absolute atomic E-state index is 12.6. The van der Waals surface area contributed by atoms with E-state index in [2.05, 4.69) is 31.9 Å². The molecule has 6 nitrogen and oxygen atoms in total. The Kier molecular flexibility index (Phi) is 5.89. The standard InChI is InChI=1S/C19H28N4O2/c1-22(17-18(25-2)21-11-10-20-17)14-15-8-12-23(13-9-15)19(24)16-6-4-3-5-7-16/h3-4,10-11,15-16H,5-9,12-14H2,1-2H3. The summed E-state index contributed by atoms with van der Waals surface area (Å²) in [6.07, 6.45) is 12.7. The van der Waals surface area contributed by atoms with Crippen LogP contribution in [0.3, 0.4) is 0 Å². The third-order valence-electron chi connectivity index (χ3n) is 5.28. The Morgan fingerprint density at radius 3 is 2.68 bits per heavy atom. The molecule has 0 bridgehead atoms. The monoisotopic (exact) mass is 344 g/mol. The molecule has 1 aliphatic heterocycles. The fraction of sp³-hybridized carbons (Fsp3) is 0.632. The van der Waals surface area contributed by atoms with Crippen molar-refractivity contribution in [1.82, 2.24) is 14.9 Å². The average Bonchev–Trinajstić information content (AvgIpc) is 2.68. The SMILES string of the molecule is COc1nccnc1N(C)CC1CCN(C(=O)C2CC=CCC2)CC1. The number of amides is 1. The van der Waals surface area contributed by atoms with Gasteiger partial charge in [0.15, 0.2) is 5.82 Å². The first-order valence-electron chi connectivity index (χ1n) is 9.19. The molecule has 0 N–H and O–H groups in total. The Morgan fingerprint density at radius 1 is 1.24 bits per heavy atom. The number of carbonyl (C=O) groups excluding carboxylic acids is 1. The quantitative estimate of drug-likeness (QED) is 0.768. The molecule has 1 fully saturated rings. The highest BCUT2D eigenvalue weighted by Crippen LogP contribution is 2.27. The van der Waals surface area contributed by atoms with Crippen LogP contribution in [0.4, 0.5) is 5.82 Å². The van der Waals surface area contributed by atoms with Crippen LogP contribution in [0, 0.1) is 11.8 Å². The average molecular weight is 344 g/mol. The van der Waals surface area contributed by atoms with E-state index in [-0.39, 0.29) is 5.92 Å². The summed E-state index contributed by atoms with van der Waals surface area (Å²) in [5, 5.41) is 0. The van der Waals surface area contributed by atoms with Crippen LogP contribution in [0.15, 0.2) is 24.5 Å². The van der Waals surface area contributed by atoms with Crippen molar-refractivity contribution in [1.29, 1.82) is 0 Å². The molecule has 25 heavy (non-hydrogen) atoms. The van der Waals surface area contributed by atoms with E-state index in [1.165, 1.54) is 0 Å². The van der Waals surface area contributed by atoms with Crippen molar-refractivity contribution < 1.29 is 9.53 Å². The van der Waals surface area contributed by atoms with E-state index in [1.54, 1.807) is 19.5 Å². The number of methoxy groups -OCH3 is 1. The van der Waals surface area contributed by atoms with Gasteiger partial charge in [-0.1, -0.05) is 12.2 Å². The molecule has 1 atom stereocenters. The van der Waals surface area contributed by atoms with Crippen LogP contribution in [0.25, 0.3) is 0 Å². The fourth-order valence-corrected chi connectivity index (χ4v) is 3.81. The number of aromatic nitrogens is 2. The fourth-order valence-electron chi connectivity index (χ4n) is 3.81. The van der Waals surface area contributed by atoms with Crippen LogP contribution in [0.2, 0.25) is 0 Å². The van der Waals surface area contributed by atoms with Gasteiger partial charge in [-0.3, -0.25) is 4.79 Å². The van der Waals surface area contributed by atoms with E-state index in [4.69, 9.17) is 4.74 Å². The van der Waals surface area contributed by atoms with Crippen LogP contribution >= 0.6 is 0 Å².